The Balaban J connectivity index is 3.12. The smallest absolute Gasteiger partial charge is 0.338 e. The van der Waals surface area contributed by atoms with Crippen molar-refractivity contribution >= 4 is 11.7 Å². The molecule has 0 amide bonds. The molecule has 0 fully saturated rings. The van der Waals surface area contributed by atoms with Crippen molar-refractivity contribution in [3.8, 4) is 11.8 Å². The molecule has 100 valence electrons. The van der Waals surface area contributed by atoms with Gasteiger partial charge in [0, 0.05) is 6.07 Å². The molecule has 0 saturated heterocycles. The van der Waals surface area contributed by atoms with Crippen LogP contribution in [0.15, 0.2) is 18.2 Å². The maximum Gasteiger partial charge on any atom is 0.338 e. The zero-order valence-corrected chi connectivity index (χ0v) is 10.7. The fourth-order valence-corrected chi connectivity index (χ4v) is 1.36. The molecule has 0 aromatic heterocycles. The van der Waals surface area contributed by atoms with Gasteiger partial charge >= 0.3 is 5.97 Å². The van der Waals surface area contributed by atoms with E-state index < -0.39 is 10.9 Å². The van der Waals surface area contributed by atoms with Crippen LogP contribution in [0.5, 0.6) is 0 Å². The van der Waals surface area contributed by atoms with Crippen molar-refractivity contribution in [2.45, 2.75) is 6.92 Å². The maximum absolute atomic E-state index is 11.5. The number of nitrogens with zero attached hydrogens (tertiary/aromatic N) is 1. The molecule has 0 spiro atoms. The third-order valence-electron chi connectivity index (χ3n) is 2.19. The summed E-state index contributed by atoms with van der Waals surface area (Å²) in [7, 11) is 1.73. The van der Waals surface area contributed by atoms with E-state index in [1.165, 1.54) is 18.2 Å². The Hall–Kier alpha value is -2.39. The second kappa shape index (κ2) is 7.13. The van der Waals surface area contributed by atoms with Crippen molar-refractivity contribution in [3.63, 3.8) is 0 Å². The van der Waals surface area contributed by atoms with Crippen LogP contribution in [0.2, 0.25) is 0 Å². The first-order valence-corrected chi connectivity index (χ1v) is 5.69. The van der Waals surface area contributed by atoms with E-state index in [-0.39, 0.29) is 23.4 Å². The summed E-state index contributed by atoms with van der Waals surface area (Å²) < 4.78 is 4.79. The predicted molar refractivity (Wildman–Crippen MR) is 69.9 cm³/mol. The summed E-state index contributed by atoms with van der Waals surface area (Å²) in [6.45, 7) is 2.32. The van der Waals surface area contributed by atoms with Gasteiger partial charge in [0.05, 0.1) is 23.6 Å². The molecule has 0 saturated carbocycles. The summed E-state index contributed by atoms with van der Waals surface area (Å²) in [4.78, 5) is 21.9. The zero-order valence-electron chi connectivity index (χ0n) is 10.7. The number of carbonyl (C=O) groups excluding carboxylic acids is 1. The van der Waals surface area contributed by atoms with E-state index in [0.717, 1.165) is 0 Å². The molecule has 6 nitrogen and oxygen atoms in total. The van der Waals surface area contributed by atoms with E-state index >= 15 is 0 Å². The molecule has 0 aliphatic carbocycles. The number of hydrogen-bond acceptors (Lipinski definition) is 5. The van der Waals surface area contributed by atoms with Crippen molar-refractivity contribution in [1.82, 2.24) is 5.32 Å². The highest BCUT2D eigenvalue weighted by atomic mass is 16.6. The van der Waals surface area contributed by atoms with Crippen LogP contribution in [0.1, 0.15) is 22.8 Å². The first-order valence-electron chi connectivity index (χ1n) is 5.69. The summed E-state index contributed by atoms with van der Waals surface area (Å²) >= 11 is 0. The standard InChI is InChI=1S/C13H14N2O4/c1-3-19-13(16)11-7-6-10(5-4-8-14-2)12(9-11)15(17)18/h6-7,9,14H,3,8H2,1-2H3. The van der Waals surface area contributed by atoms with E-state index in [0.29, 0.717) is 6.54 Å². The van der Waals surface area contributed by atoms with Crippen molar-refractivity contribution in [2.24, 2.45) is 0 Å². The quantitative estimate of drug-likeness (QED) is 0.383. The van der Waals surface area contributed by atoms with Crippen molar-refractivity contribution < 1.29 is 14.5 Å². The summed E-state index contributed by atoms with van der Waals surface area (Å²) in [5.41, 5.74) is 0.218. The van der Waals surface area contributed by atoms with Gasteiger partial charge in [0.1, 0.15) is 5.56 Å². The molecule has 0 aliphatic heterocycles. The number of esters is 1. The number of rotatable bonds is 4. The van der Waals surface area contributed by atoms with Gasteiger partial charge in [-0.2, -0.15) is 0 Å². The highest BCUT2D eigenvalue weighted by molar-refractivity contribution is 5.90. The number of carbonyl (C=O) groups is 1. The van der Waals surface area contributed by atoms with Crippen LogP contribution >= 0.6 is 0 Å². The average molecular weight is 262 g/mol. The minimum Gasteiger partial charge on any atom is -0.462 e. The lowest BCUT2D eigenvalue weighted by atomic mass is 10.1. The Kier molecular flexibility index (Phi) is 5.51. The minimum atomic E-state index is -0.583. The predicted octanol–water partition coefficient (Wildman–Crippen LogP) is 1.34. The van der Waals surface area contributed by atoms with E-state index in [1.54, 1.807) is 14.0 Å². The number of ether oxygens (including phenoxy) is 1. The molecule has 0 bridgehead atoms. The lowest BCUT2D eigenvalue weighted by Crippen LogP contribution is -2.06. The van der Waals surface area contributed by atoms with Gasteiger partial charge in [-0.25, -0.2) is 4.79 Å². The molecule has 1 aromatic rings. The van der Waals surface area contributed by atoms with Crippen LogP contribution in [-0.4, -0.2) is 31.1 Å². The molecule has 0 aliphatic rings. The molecule has 6 heteroatoms. The molecule has 1 aromatic carbocycles. The Morgan fingerprint density at radius 2 is 2.26 bits per heavy atom. The van der Waals surface area contributed by atoms with Crippen LogP contribution in [0.3, 0.4) is 0 Å². The second-order valence-electron chi connectivity index (χ2n) is 3.54. The first-order chi connectivity index (χ1) is 9.10. The summed E-state index contributed by atoms with van der Waals surface area (Å²) in [5, 5.41) is 13.8. The molecule has 0 unspecified atom stereocenters. The van der Waals surface area contributed by atoms with Gasteiger partial charge in [0.25, 0.3) is 5.69 Å². The van der Waals surface area contributed by atoms with E-state index in [2.05, 4.69) is 17.2 Å². The lowest BCUT2D eigenvalue weighted by molar-refractivity contribution is -0.385. The number of hydrogen-bond donors (Lipinski definition) is 1. The van der Waals surface area contributed by atoms with Gasteiger partial charge in [0.2, 0.25) is 0 Å². The Bertz CT molecular complexity index is 543. The molecule has 0 heterocycles. The van der Waals surface area contributed by atoms with Gasteiger partial charge in [-0.05, 0) is 26.1 Å². The number of benzene rings is 1. The van der Waals surface area contributed by atoms with E-state index in [9.17, 15) is 14.9 Å². The van der Waals surface area contributed by atoms with Crippen molar-refractivity contribution in [1.29, 1.82) is 0 Å². The van der Waals surface area contributed by atoms with Crippen LogP contribution in [0, 0.1) is 22.0 Å². The SMILES string of the molecule is CCOC(=O)c1ccc(C#CCNC)c([N+](=O)[O-])c1. The van der Waals surface area contributed by atoms with Crippen LogP contribution in [0.25, 0.3) is 0 Å². The van der Waals surface area contributed by atoms with Gasteiger partial charge in [-0.15, -0.1) is 0 Å². The molecular weight excluding hydrogens is 248 g/mol. The Morgan fingerprint density at radius 1 is 1.53 bits per heavy atom. The minimum absolute atomic E-state index is 0.146. The van der Waals surface area contributed by atoms with E-state index in [1.807, 2.05) is 0 Å². The first kappa shape index (κ1) is 14.7. The molecule has 19 heavy (non-hydrogen) atoms. The molecule has 0 radical (unpaired) electrons. The number of nitro groups is 1. The van der Waals surface area contributed by atoms with Crippen molar-refractivity contribution in [3.05, 3.63) is 39.4 Å². The van der Waals surface area contributed by atoms with Gasteiger partial charge in [0.15, 0.2) is 0 Å². The summed E-state index contributed by atoms with van der Waals surface area (Å²) in [6.07, 6.45) is 0. The van der Waals surface area contributed by atoms with Gasteiger partial charge in [-0.1, -0.05) is 11.8 Å². The third kappa shape index (κ3) is 4.08. The summed E-state index contributed by atoms with van der Waals surface area (Å²) in [5.74, 6) is 4.84. The number of nitro benzene ring substituents is 1. The Labute approximate surface area is 110 Å². The second-order valence-corrected chi connectivity index (χ2v) is 3.54. The largest absolute Gasteiger partial charge is 0.462 e. The molecular formula is C13H14N2O4. The van der Waals surface area contributed by atoms with Crippen LogP contribution < -0.4 is 5.32 Å². The number of nitrogens with one attached hydrogen (secondary N) is 1. The summed E-state index contributed by atoms with van der Waals surface area (Å²) in [6, 6.07) is 4.10. The topological polar surface area (TPSA) is 81.5 Å². The average Bonchev–Trinajstić information content (AvgIpc) is 2.39. The molecule has 0 atom stereocenters. The third-order valence-corrected chi connectivity index (χ3v) is 2.19. The van der Waals surface area contributed by atoms with Crippen LogP contribution in [0.4, 0.5) is 5.69 Å². The fraction of sp³-hybridized carbons (Fsp3) is 0.308. The fourth-order valence-electron chi connectivity index (χ4n) is 1.36. The lowest BCUT2D eigenvalue weighted by Gasteiger charge is -2.02. The normalized spacial score (nSPS) is 9.37. The highest BCUT2D eigenvalue weighted by Crippen LogP contribution is 2.20. The maximum atomic E-state index is 11.5. The van der Waals surface area contributed by atoms with Gasteiger partial charge in [-0.3, -0.25) is 10.1 Å². The molecule has 1 N–H and O–H groups in total. The van der Waals surface area contributed by atoms with E-state index in [4.69, 9.17) is 4.74 Å². The molecule has 1 rings (SSSR count). The zero-order chi connectivity index (χ0) is 14.3. The monoisotopic (exact) mass is 262 g/mol. The highest BCUT2D eigenvalue weighted by Gasteiger charge is 2.16. The van der Waals surface area contributed by atoms with Crippen LogP contribution in [-0.2, 0) is 4.74 Å². The van der Waals surface area contributed by atoms with Gasteiger partial charge < -0.3 is 10.1 Å². The Morgan fingerprint density at radius 3 is 2.84 bits per heavy atom. The van der Waals surface area contributed by atoms with Crippen molar-refractivity contribution in [2.75, 3.05) is 20.2 Å².